The van der Waals surface area contributed by atoms with E-state index in [1.165, 1.54) is 0 Å². The van der Waals surface area contributed by atoms with Crippen LogP contribution in [0.25, 0.3) is 0 Å². The number of hydrogen-bond acceptors (Lipinski definition) is 3. The summed E-state index contributed by atoms with van der Waals surface area (Å²) in [6, 6.07) is 5.30. The summed E-state index contributed by atoms with van der Waals surface area (Å²) in [6.07, 6.45) is 0.324. The fraction of sp³-hybridized carbons (Fsp3) is 0.417. The van der Waals surface area contributed by atoms with Crippen molar-refractivity contribution in [1.82, 2.24) is 5.32 Å². The van der Waals surface area contributed by atoms with Gasteiger partial charge in [-0.3, -0.25) is 4.79 Å². The third-order valence-corrected chi connectivity index (χ3v) is 2.44. The largest absolute Gasteiger partial charge is 0.493 e. The maximum absolute atomic E-state index is 11.2. The molecule has 0 saturated heterocycles. The van der Waals surface area contributed by atoms with Crippen molar-refractivity contribution >= 4 is 17.5 Å². The van der Waals surface area contributed by atoms with Crippen LogP contribution < -0.4 is 15.8 Å². The van der Waals surface area contributed by atoms with E-state index < -0.39 is 0 Å². The Bertz CT molecular complexity index is 383. The minimum atomic E-state index is -0.0242. The molecule has 0 saturated carbocycles. The van der Waals surface area contributed by atoms with Crippen LogP contribution in [-0.2, 0) is 11.3 Å². The lowest BCUT2D eigenvalue weighted by Crippen LogP contribution is -2.24. The molecule has 0 atom stereocenters. The smallest absolute Gasteiger partial charge is 0.223 e. The van der Waals surface area contributed by atoms with Crippen molar-refractivity contribution in [2.75, 3.05) is 13.2 Å². The molecule has 0 aromatic heterocycles. The van der Waals surface area contributed by atoms with Crippen molar-refractivity contribution in [3.8, 4) is 5.75 Å². The van der Waals surface area contributed by atoms with Gasteiger partial charge in [0.05, 0.1) is 13.0 Å². The number of ether oxygens (including phenoxy) is 1. The molecule has 17 heavy (non-hydrogen) atoms. The first-order chi connectivity index (χ1) is 8.17. The average molecular weight is 257 g/mol. The number of rotatable bonds is 6. The number of halogens is 1. The minimum Gasteiger partial charge on any atom is -0.493 e. The average Bonchev–Trinajstić information content (AvgIpc) is 2.30. The van der Waals surface area contributed by atoms with Gasteiger partial charge in [0.25, 0.3) is 0 Å². The molecule has 94 valence electrons. The molecule has 0 heterocycles. The van der Waals surface area contributed by atoms with E-state index in [9.17, 15) is 4.79 Å². The summed E-state index contributed by atoms with van der Waals surface area (Å²) in [5.74, 6) is 0.619. The highest BCUT2D eigenvalue weighted by Crippen LogP contribution is 2.23. The van der Waals surface area contributed by atoms with Crippen molar-refractivity contribution < 1.29 is 9.53 Å². The van der Waals surface area contributed by atoms with Crippen LogP contribution in [0.1, 0.15) is 18.9 Å². The summed E-state index contributed by atoms with van der Waals surface area (Å²) in [5, 5.41) is 3.29. The van der Waals surface area contributed by atoms with Crippen molar-refractivity contribution in [3.05, 3.63) is 28.8 Å². The van der Waals surface area contributed by atoms with Crippen LogP contribution in [0.5, 0.6) is 5.75 Å². The van der Waals surface area contributed by atoms with E-state index in [0.717, 1.165) is 5.56 Å². The highest BCUT2D eigenvalue weighted by atomic mass is 35.5. The minimum absolute atomic E-state index is 0.0242. The van der Waals surface area contributed by atoms with E-state index in [-0.39, 0.29) is 5.91 Å². The maximum atomic E-state index is 11.2. The Morgan fingerprint density at radius 3 is 2.94 bits per heavy atom. The fourth-order valence-electron chi connectivity index (χ4n) is 1.37. The lowest BCUT2D eigenvalue weighted by atomic mass is 10.2. The van der Waals surface area contributed by atoms with Gasteiger partial charge in [-0.15, -0.1) is 0 Å². The van der Waals surface area contributed by atoms with Gasteiger partial charge in [-0.1, -0.05) is 17.7 Å². The molecule has 0 bridgehead atoms. The second-order valence-electron chi connectivity index (χ2n) is 3.51. The maximum Gasteiger partial charge on any atom is 0.223 e. The standard InChI is InChI=1S/C12H17ClN2O2/c1-2-15-12(16)5-6-17-11-7-10(13)4-3-9(11)8-14/h3-4,7H,2,5-6,8,14H2,1H3,(H,15,16). The molecule has 0 spiro atoms. The molecular weight excluding hydrogens is 240 g/mol. The van der Waals surface area contributed by atoms with Crippen molar-refractivity contribution in [1.29, 1.82) is 0 Å². The number of hydrogen-bond donors (Lipinski definition) is 2. The van der Waals surface area contributed by atoms with E-state index in [4.69, 9.17) is 22.1 Å². The molecule has 0 radical (unpaired) electrons. The van der Waals surface area contributed by atoms with Crippen LogP contribution in [0.15, 0.2) is 18.2 Å². The molecule has 1 aromatic rings. The number of carbonyl (C=O) groups excluding carboxylic acids is 1. The fourth-order valence-corrected chi connectivity index (χ4v) is 1.53. The number of nitrogens with two attached hydrogens (primary N) is 1. The second kappa shape index (κ2) is 7.14. The molecule has 1 amide bonds. The molecule has 1 aromatic carbocycles. The Balaban J connectivity index is 2.50. The summed E-state index contributed by atoms with van der Waals surface area (Å²) in [7, 11) is 0. The van der Waals surface area contributed by atoms with Crippen LogP contribution in [-0.4, -0.2) is 19.1 Å². The zero-order valence-electron chi connectivity index (χ0n) is 9.83. The summed E-state index contributed by atoms with van der Waals surface area (Å²) in [6.45, 7) is 3.21. The highest BCUT2D eigenvalue weighted by molar-refractivity contribution is 6.30. The van der Waals surface area contributed by atoms with Crippen LogP contribution in [0, 0.1) is 0 Å². The molecule has 0 aliphatic carbocycles. The van der Waals surface area contributed by atoms with Crippen molar-refractivity contribution in [2.45, 2.75) is 19.9 Å². The van der Waals surface area contributed by atoms with E-state index in [1.807, 2.05) is 13.0 Å². The molecule has 0 aliphatic heterocycles. The Hall–Kier alpha value is -1.26. The topological polar surface area (TPSA) is 64.3 Å². The summed E-state index contributed by atoms with van der Waals surface area (Å²) < 4.78 is 5.50. The van der Waals surface area contributed by atoms with Gasteiger partial charge in [0.15, 0.2) is 0 Å². The number of benzene rings is 1. The first-order valence-electron chi connectivity index (χ1n) is 5.55. The second-order valence-corrected chi connectivity index (χ2v) is 3.94. The van der Waals surface area contributed by atoms with Gasteiger partial charge in [0.2, 0.25) is 5.91 Å². The van der Waals surface area contributed by atoms with Crippen LogP contribution in [0.2, 0.25) is 5.02 Å². The molecule has 1 rings (SSSR count). The van der Waals surface area contributed by atoms with E-state index >= 15 is 0 Å². The van der Waals surface area contributed by atoms with Gasteiger partial charge in [0.1, 0.15) is 5.75 Å². The highest BCUT2D eigenvalue weighted by Gasteiger charge is 2.05. The van der Waals surface area contributed by atoms with Gasteiger partial charge >= 0.3 is 0 Å². The lowest BCUT2D eigenvalue weighted by Gasteiger charge is -2.10. The van der Waals surface area contributed by atoms with Gasteiger partial charge in [-0.2, -0.15) is 0 Å². The first-order valence-corrected chi connectivity index (χ1v) is 5.93. The predicted octanol–water partition coefficient (Wildman–Crippen LogP) is 1.70. The Kier molecular flexibility index (Phi) is 5.80. The molecule has 3 N–H and O–H groups in total. The van der Waals surface area contributed by atoms with Crippen LogP contribution >= 0.6 is 11.6 Å². The molecule has 5 heteroatoms. The van der Waals surface area contributed by atoms with Crippen LogP contribution in [0.3, 0.4) is 0 Å². The number of carbonyl (C=O) groups is 1. The first kappa shape index (κ1) is 13.8. The Morgan fingerprint density at radius 1 is 1.53 bits per heavy atom. The molecule has 0 aliphatic rings. The third-order valence-electron chi connectivity index (χ3n) is 2.21. The zero-order chi connectivity index (χ0) is 12.7. The van der Waals surface area contributed by atoms with E-state index in [0.29, 0.717) is 36.9 Å². The quantitative estimate of drug-likeness (QED) is 0.814. The Morgan fingerprint density at radius 2 is 2.29 bits per heavy atom. The monoisotopic (exact) mass is 256 g/mol. The third kappa shape index (κ3) is 4.63. The van der Waals surface area contributed by atoms with Gasteiger partial charge in [0, 0.05) is 23.7 Å². The zero-order valence-corrected chi connectivity index (χ0v) is 10.6. The van der Waals surface area contributed by atoms with E-state index in [2.05, 4.69) is 5.32 Å². The van der Waals surface area contributed by atoms with Gasteiger partial charge in [-0.25, -0.2) is 0 Å². The number of amides is 1. The number of nitrogens with one attached hydrogen (secondary N) is 1. The molecule has 0 unspecified atom stereocenters. The summed E-state index contributed by atoms with van der Waals surface area (Å²) in [4.78, 5) is 11.2. The Labute approximate surface area is 106 Å². The lowest BCUT2D eigenvalue weighted by molar-refractivity contribution is -0.121. The molecule has 0 fully saturated rings. The molecule has 4 nitrogen and oxygen atoms in total. The molecular formula is C12H17ClN2O2. The van der Waals surface area contributed by atoms with E-state index in [1.54, 1.807) is 12.1 Å². The summed E-state index contributed by atoms with van der Waals surface area (Å²) >= 11 is 5.86. The van der Waals surface area contributed by atoms with Crippen molar-refractivity contribution in [3.63, 3.8) is 0 Å². The van der Waals surface area contributed by atoms with Crippen molar-refractivity contribution in [2.24, 2.45) is 5.73 Å². The summed E-state index contributed by atoms with van der Waals surface area (Å²) in [5.41, 5.74) is 6.46. The van der Waals surface area contributed by atoms with Crippen LogP contribution in [0.4, 0.5) is 0 Å². The van der Waals surface area contributed by atoms with Gasteiger partial charge in [-0.05, 0) is 19.1 Å². The predicted molar refractivity (Wildman–Crippen MR) is 68.1 cm³/mol. The SMILES string of the molecule is CCNC(=O)CCOc1cc(Cl)ccc1CN. The normalized spacial score (nSPS) is 10.1. The van der Waals surface area contributed by atoms with Gasteiger partial charge < -0.3 is 15.8 Å².